The average molecular weight is 309 g/mol. The highest BCUT2D eigenvalue weighted by Gasteiger charge is 2.34. The summed E-state index contributed by atoms with van der Waals surface area (Å²) in [6, 6.07) is 4.49. The van der Waals surface area contributed by atoms with Crippen molar-refractivity contribution in [1.82, 2.24) is 10.6 Å². The molecule has 0 saturated carbocycles. The summed E-state index contributed by atoms with van der Waals surface area (Å²) < 4.78 is 5.55. The second kappa shape index (κ2) is 5.37. The summed E-state index contributed by atoms with van der Waals surface area (Å²) in [5, 5.41) is 5.41. The third-order valence-electron chi connectivity index (χ3n) is 3.55. The van der Waals surface area contributed by atoms with Gasteiger partial charge in [0.1, 0.15) is 11.8 Å². The Morgan fingerprint density at radius 2 is 2.19 bits per heavy atom. The van der Waals surface area contributed by atoms with Crippen LogP contribution in [0.5, 0.6) is 5.75 Å². The van der Waals surface area contributed by atoms with E-state index in [1.165, 1.54) is 0 Å². The molecule has 2 heterocycles. The molecule has 21 heavy (non-hydrogen) atoms. The number of imide groups is 1. The van der Waals surface area contributed by atoms with E-state index in [2.05, 4.69) is 10.6 Å². The molecule has 110 valence electrons. The summed E-state index contributed by atoms with van der Waals surface area (Å²) in [4.78, 5) is 34.8. The summed E-state index contributed by atoms with van der Waals surface area (Å²) >= 11 is 5.90. The topological polar surface area (TPSA) is 84.5 Å². The van der Waals surface area contributed by atoms with Crippen LogP contribution in [0.2, 0.25) is 5.02 Å². The van der Waals surface area contributed by atoms with Gasteiger partial charge in [-0.2, -0.15) is 0 Å². The second-order valence-electron chi connectivity index (χ2n) is 5.07. The molecule has 3 amide bonds. The number of rotatable bonds is 2. The molecule has 2 aliphatic rings. The fraction of sp³-hybridized carbons (Fsp3) is 0.357. The minimum absolute atomic E-state index is 0.220. The number of amides is 3. The third kappa shape index (κ3) is 2.85. The molecule has 2 N–H and O–H groups in total. The molecule has 1 aromatic carbocycles. The number of hydrogen-bond donors (Lipinski definition) is 2. The highest BCUT2D eigenvalue weighted by Crippen LogP contribution is 2.31. The molecular formula is C14H13ClN2O4. The lowest BCUT2D eigenvalue weighted by molar-refractivity contribution is -0.138. The van der Waals surface area contributed by atoms with E-state index >= 15 is 0 Å². The van der Waals surface area contributed by atoms with E-state index in [1.54, 1.807) is 18.2 Å². The minimum Gasteiger partial charge on any atom is -0.480 e. The number of hydrogen-bond acceptors (Lipinski definition) is 4. The Morgan fingerprint density at radius 3 is 2.95 bits per heavy atom. The first kappa shape index (κ1) is 13.9. The van der Waals surface area contributed by atoms with Crippen LogP contribution < -0.4 is 15.4 Å². The lowest BCUT2D eigenvalue weighted by atomic mass is 10.0. The summed E-state index contributed by atoms with van der Waals surface area (Å²) in [6.45, 7) is 0. The number of halogens is 1. The molecule has 6 nitrogen and oxygen atoms in total. The highest BCUT2D eigenvalue weighted by atomic mass is 35.5. The third-order valence-corrected chi connectivity index (χ3v) is 3.78. The molecule has 7 heteroatoms. The van der Waals surface area contributed by atoms with E-state index in [4.69, 9.17) is 16.3 Å². The molecule has 0 aromatic heterocycles. The fourth-order valence-electron chi connectivity index (χ4n) is 2.46. The summed E-state index contributed by atoms with van der Waals surface area (Å²) in [7, 11) is 0. The van der Waals surface area contributed by atoms with Crippen molar-refractivity contribution in [3.8, 4) is 5.75 Å². The zero-order chi connectivity index (χ0) is 15.0. The average Bonchev–Trinajstić information content (AvgIpc) is 2.85. The van der Waals surface area contributed by atoms with Crippen LogP contribution in [0, 0.1) is 0 Å². The summed E-state index contributed by atoms with van der Waals surface area (Å²) in [5.74, 6) is -0.525. The Morgan fingerprint density at radius 1 is 1.38 bits per heavy atom. The Bertz CT molecular complexity index is 631. The Labute approximate surface area is 125 Å². The van der Waals surface area contributed by atoms with Gasteiger partial charge in [0.25, 0.3) is 5.91 Å². The van der Waals surface area contributed by atoms with Crippen LogP contribution in [0.15, 0.2) is 18.2 Å². The molecular weight excluding hydrogens is 296 g/mol. The van der Waals surface area contributed by atoms with Crippen molar-refractivity contribution in [2.75, 3.05) is 0 Å². The first-order valence-electron chi connectivity index (χ1n) is 6.62. The van der Waals surface area contributed by atoms with Gasteiger partial charge in [-0.25, -0.2) is 0 Å². The largest absolute Gasteiger partial charge is 0.480 e. The Kier molecular flexibility index (Phi) is 3.55. The van der Waals surface area contributed by atoms with Crippen molar-refractivity contribution in [1.29, 1.82) is 0 Å². The molecule has 1 fully saturated rings. The molecule has 0 bridgehead atoms. The van der Waals surface area contributed by atoms with Gasteiger partial charge in [0.2, 0.25) is 11.8 Å². The monoisotopic (exact) mass is 308 g/mol. The van der Waals surface area contributed by atoms with Crippen LogP contribution in [0.1, 0.15) is 18.4 Å². The van der Waals surface area contributed by atoms with Gasteiger partial charge in [0.05, 0.1) is 0 Å². The van der Waals surface area contributed by atoms with Gasteiger partial charge in [-0.1, -0.05) is 11.6 Å². The SMILES string of the molecule is O=C1CCC(NC(=O)C2Cc3cc(Cl)ccc3O2)C(=O)N1. The molecule has 0 aliphatic carbocycles. The van der Waals surface area contributed by atoms with E-state index in [0.717, 1.165) is 5.56 Å². The van der Waals surface area contributed by atoms with Gasteiger partial charge < -0.3 is 10.1 Å². The van der Waals surface area contributed by atoms with Gasteiger partial charge in [-0.15, -0.1) is 0 Å². The second-order valence-corrected chi connectivity index (χ2v) is 5.51. The number of carbonyl (C=O) groups excluding carboxylic acids is 3. The first-order chi connectivity index (χ1) is 10.0. The van der Waals surface area contributed by atoms with Crippen molar-refractivity contribution in [2.24, 2.45) is 0 Å². The van der Waals surface area contributed by atoms with Crippen molar-refractivity contribution in [2.45, 2.75) is 31.4 Å². The number of fused-ring (bicyclic) bond motifs is 1. The molecule has 0 spiro atoms. The number of ether oxygens (including phenoxy) is 1. The lowest BCUT2D eigenvalue weighted by Crippen LogP contribution is -2.54. The maximum Gasteiger partial charge on any atom is 0.262 e. The van der Waals surface area contributed by atoms with Crippen molar-refractivity contribution in [3.05, 3.63) is 28.8 Å². The van der Waals surface area contributed by atoms with Crippen molar-refractivity contribution >= 4 is 29.3 Å². The summed E-state index contributed by atoms with van der Waals surface area (Å²) in [5.41, 5.74) is 0.867. The standard InChI is InChI=1S/C14H13ClN2O4/c15-8-1-3-10-7(5-8)6-11(21-10)14(20)16-9-2-4-12(18)17-13(9)19/h1,3,5,9,11H,2,4,6H2,(H,16,20)(H,17,18,19). The van der Waals surface area contributed by atoms with Gasteiger partial charge in [-0.05, 0) is 30.2 Å². The molecule has 2 unspecified atom stereocenters. The number of carbonyl (C=O) groups is 3. The normalized spacial score (nSPS) is 24.0. The zero-order valence-electron chi connectivity index (χ0n) is 11.0. The number of nitrogens with one attached hydrogen (secondary N) is 2. The minimum atomic E-state index is -0.689. The molecule has 1 aromatic rings. The Hall–Kier alpha value is -2.08. The van der Waals surface area contributed by atoms with E-state index < -0.39 is 18.1 Å². The van der Waals surface area contributed by atoms with Gasteiger partial charge in [-0.3, -0.25) is 19.7 Å². The molecule has 1 saturated heterocycles. The van der Waals surface area contributed by atoms with Crippen molar-refractivity contribution in [3.63, 3.8) is 0 Å². The van der Waals surface area contributed by atoms with Gasteiger partial charge >= 0.3 is 0 Å². The highest BCUT2D eigenvalue weighted by molar-refractivity contribution is 6.30. The molecule has 2 aliphatic heterocycles. The number of benzene rings is 1. The van der Waals surface area contributed by atoms with Crippen LogP contribution in [0.4, 0.5) is 0 Å². The van der Waals surface area contributed by atoms with Crippen LogP contribution >= 0.6 is 11.6 Å². The predicted octanol–water partition coefficient (Wildman–Crippen LogP) is 0.565. The maximum atomic E-state index is 12.2. The van der Waals surface area contributed by atoms with E-state index in [9.17, 15) is 14.4 Å². The van der Waals surface area contributed by atoms with E-state index in [1.807, 2.05) is 0 Å². The van der Waals surface area contributed by atoms with Gasteiger partial charge in [0, 0.05) is 17.9 Å². The molecule has 3 rings (SSSR count). The summed E-state index contributed by atoms with van der Waals surface area (Å²) in [6.07, 6.45) is 0.262. The molecule has 2 atom stereocenters. The smallest absolute Gasteiger partial charge is 0.262 e. The predicted molar refractivity (Wildman–Crippen MR) is 73.9 cm³/mol. The van der Waals surface area contributed by atoms with E-state index in [0.29, 0.717) is 23.6 Å². The number of piperidine rings is 1. The molecule has 0 radical (unpaired) electrons. The quantitative estimate of drug-likeness (QED) is 0.782. The van der Waals surface area contributed by atoms with Crippen LogP contribution in [0.25, 0.3) is 0 Å². The van der Waals surface area contributed by atoms with Crippen LogP contribution in [-0.2, 0) is 20.8 Å². The maximum absolute atomic E-state index is 12.2. The fourth-order valence-corrected chi connectivity index (χ4v) is 2.65. The van der Waals surface area contributed by atoms with E-state index in [-0.39, 0.29) is 18.2 Å². The first-order valence-corrected chi connectivity index (χ1v) is 7.00. The van der Waals surface area contributed by atoms with Gasteiger partial charge in [0.15, 0.2) is 6.10 Å². The Balaban J connectivity index is 1.63. The van der Waals surface area contributed by atoms with Crippen molar-refractivity contribution < 1.29 is 19.1 Å². The van der Waals surface area contributed by atoms with Crippen LogP contribution in [0.3, 0.4) is 0 Å². The zero-order valence-corrected chi connectivity index (χ0v) is 11.8. The lowest BCUT2D eigenvalue weighted by Gasteiger charge is -2.23. The van der Waals surface area contributed by atoms with Crippen LogP contribution in [-0.4, -0.2) is 29.9 Å².